The fraction of sp³-hybridized carbons (Fsp3) is 0.636. The number of aromatic amines is 1. The van der Waals surface area contributed by atoms with Crippen LogP contribution in [-0.2, 0) is 9.47 Å². The quantitative estimate of drug-likeness (QED) is 0.663. The Balaban J connectivity index is 1.92. The molecule has 0 amide bonds. The number of H-pyrrole nitrogens is 1. The molecule has 2 saturated heterocycles. The SMILES string of the molecule is Cc1cn([C@H]2C[C@@H]3OCC(O)[C@H]3O2)c(=O)[nH]c1=O. The van der Waals surface area contributed by atoms with Gasteiger partial charge in [0.05, 0.1) is 12.7 Å². The van der Waals surface area contributed by atoms with Crippen LogP contribution in [-0.4, -0.2) is 39.6 Å². The molecule has 2 fully saturated rings. The first-order chi connectivity index (χ1) is 8.56. The zero-order valence-corrected chi connectivity index (χ0v) is 9.83. The number of nitrogens with one attached hydrogen (secondary N) is 1. The Morgan fingerprint density at radius 1 is 1.50 bits per heavy atom. The second-order valence-electron chi connectivity index (χ2n) is 4.71. The molecule has 0 aliphatic carbocycles. The van der Waals surface area contributed by atoms with Gasteiger partial charge >= 0.3 is 5.69 Å². The van der Waals surface area contributed by atoms with E-state index in [4.69, 9.17) is 9.47 Å². The van der Waals surface area contributed by atoms with Crippen molar-refractivity contribution in [3.8, 4) is 0 Å². The summed E-state index contributed by atoms with van der Waals surface area (Å²) < 4.78 is 12.3. The van der Waals surface area contributed by atoms with E-state index < -0.39 is 29.7 Å². The van der Waals surface area contributed by atoms with Crippen molar-refractivity contribution < 1.29 is 14.6 Å². The third-order valence-corrected chi connectivity index (χ3v) is 3.43. The lowest BCUT2D eigenvalue weighted by molar-refractivity contribution is -0.0492. The van der Waals surface area contributed by atoms with Crippen LogP contribution in [0.15, 0.2) is 15.8 Å². The Morgan fingerprint density at radius 3 is 3.00 bits per heavy atom. The summed E-state index contributed by atoms with van der Waals surface area (Å²) in [5, 5.41) is 9.64. The molecular weight excluding hydrogens is 240 g/mol. The average Bonchev–Trinajstić information content (AvgIpc) is 2.87. The Kier molecular flexibility index (Phi) is 2.61. The zero-order valence-electron chi connectivity index (χ0n) is 9.83. The first-order valence-corrected chi connectivity index (χ1v) is 5.83. The van der Waals surface area contributed by atoms with Gasteiger partial charge in [0, 0.05) is 18.2 Å². The van der Waals surface area contributed by atoms with Gasteiger partial charge in [0.2, 0.25) is 0 Å². The van der Waals surface area contributed by atoms with E-state index in [1.807, 2.05) is 0 Å². The van der Waals surface area contributed by atoms with E-state index in [2.05, 4.69) is 4.98 Å². The number of aliphatic hydroxyl groups excluding tert-OH is 1. The molecule has 2 N–H and O–H groups in total. The van der Waals surface area contributed by atoms with Crippen molar-refractivity contribution in [1.82, 2.24) is 9.55 Å². The normalized spacial score (nSPS) is 34.8. The maximum Gasteiger partial charge on any atom is 0.330 e. The van der Waals surface area contributed by atoms with Gasteiger partial charge in [-0.05, 0) is 6.92 Å². The highest BCUT2D eigenvalue weighted by Crippen LogP contribution is 2.35. The second-order valence-corrected chi connectivity index (χ2v) is 4.71. The molecule has 98 valence electrons. The molecule has 1 aromatic heterocycles. The first kappa shape index (κ1) is 11.6. The lowest BCUT2D eigenvalue weighted by Gasteiger charge is -2.16. The predicted molar refractivity (Wildman–Crippen MR) is 60.3 cm³/mol. The van der Waals surface area contributed by atoms with Crippen molar-refractivity contribution in [3.05, 3.63) is 32.6 Å². The van der Waals surface area contributed by atoms with Crippen LogP contribution in [0.25, 0.3) is 0 Å². The lowest BCUT2D eigenvalue weighted by atomic mass is 10.1. The summed E-state index contributed by atoms with van der Waals surface area (Å²) in [5.41, 5.74) is -0.465. The monoisotopic (exact) mass is 254 g/mol. The standard InChI is InChI=1S/C11H14N2O5/c1-5-3-13(11(16)12-10(5)15)8-2-7-9(18-8)6(14)4-17-7/h3,6-9,14H,2,4H2,1H3,(H,12,15,16)/t6?,7-,8+,9+/m0/s1. The Hall–Kier alpha value is -1.44. The van der Waals surface area contributed by atoms with E-state index in [-0.39, 0.29) is 12.7 Å². The summed E-state index contributed by atoms with van der Waals surface area (Å²) >= 11 is 0. The minimum atomic E-state index is -0.653. The van der Waals surface area contributed by atoms with Gasteiger partial charge in [-0.2, -0.15) is 0 Å². The lowest BCUT2D eigenvalue weighted by Crippen LogP contribution is -2.34. The highest BCUT2D eigenvalue weighted by Gasteiger charge is 2.46. The van der Waals surface area contributed by atoms with Gasteiger partial charge in [0.1, 0.15) is 18.4 Å². The van der Waals surface area contributed by atoms with E-state index in [9.17, 15) is 14.7 Å². The van der Waals surface area contributed by atoms with Crippen molar-refractivity contribution in [2.45, 2.75) is 37.9 Å². The summed E-state index contributed by atoms with van der Waals surface area (Å²) in [6, 6.07) is 0. The molecule has 7 nitrogen and oxygen atoms in total. The second kappa shape index (κ2) is 4.04. The van der Waals surface area contributed by atoms with Crippen molar-refractivity contribution in [3.63, 3.8) is 0 Å². The predicted octanol–water partition coefficient (Wildman–Crippen LogP) is -1.11. The van der Waals surface area contributed by atoms with E-state index in [1.165, 1.54) is 10.8 Å². The van der Waals surface area contributed by atoms with Crippen LogP contribution >= 0.6 is 0 Å². The largest absolute Gasteiger partial charge is 0.388 e. The van der Waals surface area contributed by atoms with Gasteiger partial charge in [-0.15, -0.1) is 0 Å². The average molecular weight is 254 g/mol. The molecule has 3 heterocycles. The number of aryl methyl sites for hydroxylation is 1. The molecule has 3 rings (SSSR count). The van der Waals surface area contributed by atoms with Crippen molar-refractivity contribution in [2.24, 2.45) is 0 Å². The number of hydrogen-bond acceptors (Lipinski definition) is 5. The molecule has 1 unspecified atom stereocenters. The van der Waals surface area contributed by atoms with E-state index >= 15 is 0 Å². The van der Waals surface area contributed by atoms with Crippen LogP contribution in [0.3, 0.4) is 0 Å². The van der Waals surface area contributed by atoms with Gasteiger partial charge in [-0.3, -0.25) is 14.3 Å². The molecule has 4 atom stereocenters. The molecule has 2 aliphatic heterocycles. The number of ether oxygens (including phenoxy) is 2. The highest BCUT2D eigenvalue weighted by atomic mass is 16.6. The number of aromatic nitrogens is 2. The summed E-state index contributed by atoms with van der Waals surface area (Å²) in [6.45, 7) is 1.89. The molecule has 0 aromatic carbocycles. The molecule has 1 aromatic rings. The summed E-state index contributed by atoms with van der Waals surface area (Å²) in [4.78, 5) is 25.2. The van der Waals surface area contributed by atoms with Crippen LogP contribution in [0.2, 0.25) is 0 Å². The van der Waals surface area contributed by atoms with Gasteiger partial charge < -0.3 is 14.6 Å². The van der Waals surface area contributed by atoms with Gasteiger partial charge in [-0.25, -0.2) is 4.79 Å². The maximum atomic E-state index is 11.7. The van der Waals surface area contributed by atoms with Gasteiger partial charge in [0.15, 0.2) is 0 Å². The van der Waals surface area contributed by atoms with Crippen LogP contribution in [0, 0.1) is 6.92 Å². The van der Waals surface area contributed by atoms with Crippen LogP contribution in [0.5, 0.6) is 0 Å². The molecule has 0 spiro atoms. The summed E-state index contributed by atoms with van der Waals surface area (Å²) in [7, 11) is 0. The molecule has 2 aliphatic rings. The van der Waals surface area contributed by atoms with E-state index in [0.29, 0.717) is 12.0 Å². The molecule has 7 heteroatoms. The molecular formula is C11H14N2O5. The Labute approximate surface area is 102 Å². The fourth-order valence-corrected chi connectivity index (χ4v) is 2.45. The summed E-state index contributed by atoms with van der Waals surface area (Å²) in [5.74, 6) is 0. The van der Waals surface area contributed by atoms with E-state index in [1.54, 1.807) is 6.92 Å². The summed E-state index contributed by atoms with van der Waals surface area (Å²) in [6.07, 6.45) is 0.225. The van der Waals surface area contributed by atoms with Crippen molar-refractivity contribution >= 4 is 0 Å². The van der Waals surface area contributed by atoms with Crippen molar-refractivity contribution in [2.75, 3.05) is 6.61 Å². The first-order valence-electron chi connectivity index (χ1n) is 5.83. The minimum absolute atomic E-state index is 0.191. The Morgan fingerprint density at radius 2 is 2.28 bits per heavy atom. The third-order valence-electron chi connectivity index (χ3n) is 3.43. The number of hydrogen-bond donors (Lipinski definition) is 2. The zero-order chi connectivity index (χ0) is 12.9. The third kappa shape index (κ3) is 1.71. The molecule has 0 saturated carbocycles. The number of aliphatic hydroxyl groups is 1. The number of rotatable bonds is 1. The van der Waals surface area contributed by atoms with Crippen LogP contribution < -0.4 is 11.2 Å². The molecule has 0 radical (unpaired) electrons. The topological polar surface area (TPSA) is 93.6 Å². The highest BCUT2D eigenvalue weighted by molar-refractivity contribution is 5.02. The molecule has 0 bridgehead atoms. The van der Waals surface area contributed by atoms with E-state index in [0.717, 1.165) is 0 Å². The van der Waals surface area contributed by atoms with Crippen molar-refractivity contribution in [1.29, 1.82) is 0 Å². The number of fused-ring (bicyclic) bond motifs is 1. The van der Waals surface area contributed by atoms with Gasteiger partial charge in [0.25, 0.3) is 5.56 Å². The van der Waals surface area contributed by atoms with Crippen LogP contribution in [0.4, 0.5) is 0 Å². The van der Waals surface area contributed by atoms with Gasteiger partial charge in [-0.1, -0.05) is 0 Å². The molecule has 18 heavy (non-hydrogen) atoms. The fourth-order valence-electron chi connectivity index (χ4n) is 2.45. The minimum Gasteiger partial charge on any atom is -0.388 e. The van der Waals surface area contributed by atoms with Crippen LogP contribution in [0.1, 0.15) is 18.2 Å². The maximum absolute atomic E-state index is 11.7. The Bertz CT molecular complexity index is 578. The smallest absolute Gasteiger partial charge is 0.330 e. The number of nitrogens with zero attached hydrogens (tertiary/aromatic N) is 1.